The molecule has 0 bridgehead atoms. The van der Waals surface area contributed by atoms with Crippen LogP contribution in [-0.4, -0.2) is 15.3 Å². The third-order valence-electron chi connectivity index (χ3n) is 0. The first kappa shape index (κ1) is 22.5. The van der Waals surface area contributed by atoms with E-state index in [2.05, 4.69) is 32.2 Å². The summed E-state index contributed by atoms with van der Waals surface area (Å²) in [7, 11) is 0. The van der Waals surface area contributed by atoms with Gasteiger partial charge in [0, 0.05) is 0 Å². The van der Waals surface area contributed by atoms with Gasteiger partial charge in [0.15, 0.2) is 5.03 Å². The molecule has 0 fully saturated rings. The molecule has 3 N–H and O–H groups in total. The molecule has 8 nitrogen and oxygen atoms in total. The number of hydrogen-bond acceptors (Lipinski definition) is 4. The van der Waals surface area contributed by atoms with Gasteiger partial charge in [-0.25, -0.2) is 10.1 Å². The molecule has 0 spiro atoms. The largest absolute Gasteiger partial charge is 0.328 e. The Balaban J connectivity index is -0.0000000380. The number of hydrazine groups is 1. The predicted octanol–water partition coefficient (Wildman–Crippen LogP) is 0.393. The molecule has 0 saturated carbocycles. The maximum Gasteiger partial charge on any atom is 0.291 e. The predicted molar refractivity (Wildman–Crippen MR) is 42.5 cm³/mol. The minimum Gasteiger partial charge on any atom is -0.328 e. The summed E-state index contributed by atoms with van der Waals surface area (Å²) in [6.07, 6.45) is 0. The van der Waals surface area contributed by atoms with Crippen LogP contribution in [-0.2, 0) is 0 Å². The molecule has 72 valence electrons. The number of nitrogens with zero attached hydrogens (tertiary/aromatic N) is 2. The summed E-state index contributed by atoms with van der Waals surface area (Å²) in [5.74, 6) is 3.83. The highest BCUT2D eigenvalue weighted by Crippen LogP contribution is 1.38. The van der Waals surface area contributed by atoms with Gasteiger partial charge in [0.1, 0.15) is 0 Å². The zero-order chi connectivity index (χ0) is 11.2. The summed E-state index contributed by atoms with van der Waals surface area (Å²) in [6.45, 7) is 12.0. The summed E-state index contributed by atoms with van der Waals surface area (Å²) in [6, 6.07) is 0. The van der Waals surface area contributed by atoms with E-state index in [4.69, 9.17) is 25.4 Å². The fourth-order valence-corrected chi connectivity index (χ4v) is 0. The number of hydrogen-bond donors (Lipinski definition) is 2. The molecule has 0 heterocycles. The molecule has 0 aliphatic rings. The Hall–Kier alpha value is -2.12. The van der Waals surface area contributed by atoms with Crippen LogP contribution in [0.4, 0.5) is 0 Å². The first-order valence-corrected chi connectivity index (χ1v) is 2.19. The van der Waals surface area contributed by atoms with Gasteiger partial charge in [-0.05, 0) is 0 Å². The van der Waals surface area contributed by atoms with Crippen molar-refractivity contribution in [2.24, 2.45) is 5.84 Å². The zero-order valence-corrected chi connectivity index (χ0v) is 6.38. The summed E-state index contributed by atoms with van der Waals surface area (Å²) in [4.78, 5) is 16.9. The smallest absolute Gasteiger partial charge is 0.291 e. The van der Waals surface area contributed by atoms with E-state index in [0.29, 0.717) is 0 Å². The van der Waals surface area contributed by atoms with Crippen molar-refractivity contribution >= 4 is 0 Å². The monoisotopic (exact) mass is 181 g/mol. The Labute approximate surface area is 68.8 Å². The van der Waals surface area contributed by atoms with Crippen LogP contribution >= 0.6 is 0 Å². The van der Waals surface area contributed by atoms with Crippen molar-refractivity contribution in [3.63, 3.8) is 0 Å². The average Bonchev–Trinajstić information content (AvgIpc) is 1.93. The Kier molecular flexibility index (Phi) is 68.8. The molecule has 0 aliphatic carbocycles. The normalized spacial score (nSPS) is 4.67. The van der Waals surface area contributed by atoms with Crippen molar-refractivity contribution in [3.05, 3.63) is 46.5 Å². The van der Waals surface area contributed by atoms with Crippen LogP contribution in [0.1, 0.15) is 0 Å². The Morgan fingerprint density at radius 1 is 1.08 bits per heavy atom. The van der Waals surface area contributed by atoms with Crippen molar-refractivity contribution in [1.82, 2.24) is 0 Å². The second kappa shape index (κ2) is 36.6. The number of nitro groups is 1. The molecule has 0 atom stereocenters. The van der Waals surface area contributed by atoms with Crippen LogP contribution < -0.4 is 5.84 Å². The fraction of sp³-hybridized carbons (Fsp3) is 0. The van der Waals surface area contributed by atoms with E-state index < -0.39 is 10.1 Å². The topological polar surface area (TPSA) is 133 Å². The van der Waals surface area contributed by atoms with Crippen molar-refractivity contribution in [1.29, 1.82) is 0 Å². The maximum absolute atomic E-state index is 8.58. The van der Waals surface area contributed by atoms with E-state index >= 15 is 0 Å². The lowest BCUT2D eigenvalue weighted by Crippen LogP contribution is -2.04. The van der Waals surface area contributed by atoms with Crippen LogP contribution in [0.15, 0.2) is 26.3 Å². The lowest BCUT2D eigenvalue weighted by atomic mass is 11.3. The average molecular weight is 181 g/mol. The van der Waals surface area contributed by atoms with E-state index in [-0.39, 0.29) is 0 Å². The van der Waals surface area contributed by atoms with Crippen LogP contribution in [0.25, 0.3) is 0 Å². The molecule has 0 rings (SSSR count). The van der Waals surface area contributed by atoms with Gasteiger partial charge in [-0.1, -0.05) is 0 Å². The fourth-order valence-electron chi connectivity index (χ4n) is 0. The lowest BCUT2D eigenvalue weighted by Gasteiger charge is -1.61. The van der Waals surface area contributed by atoms with Gasteiger partial charge in [-0.15, -0.1) is 36.4 Å². The van der Waals surface area contributed by atoms with E-state index in [1.54, 1.807) is 0 Å². The number of rotatable bonds is 0. The first-order chi connectivity index (χ1) is 5.46. The Morgan fingerprint density at radius 2 is 1.08 bits per heavy atom. The lowest BCUT2D eigenvalue weighted by molar-refractivity contribution is -0.742. The summed E-state index contributed by atoms with van der Waals surface area (Å²) < 4.78 is 0. The molecular weight excluding hydrogens is 170 g/mol. The maximum atomic E-state index is 8.58. The van der Waals surface area contributed by atoms with Crippen molar-refractivity contribution in [2.45, 2.75) is 0 Å². The standard InChI is InChI=1S/2C2H4.H2N2O2.HNO3/c2*1-2;1-2(3)4;2-1(3)4/h2*1-2H2;1H2;(H,2,3,4). The van der Waals surface area contributed by atoms with Crippen LogP contribution in [0.2, 0.25) is 0 Å². The molecule has 0 aliphatic heterocycles. The van der Waals surface area contributed by atoms with E-state index in [0.717, 1.165) is 0 Å². The highest BCUT2D eigenvalue weighted by molar-refractivity contribution is 4.22. The molecule has 0 radical (unpaired) electrons. The molecule has 12 heavy (non-hydrogen) atoms. The molecule has 0 amide bonds. The van der Waals surface area contributed by atoms with Gasteiger partial charge in [0.2, 0.25) is 0 Å². The van der Waals surface area contributed by atoms with Gasteiger partial charge in [0.05, 0.1) is 0 Å². The van der Waals surface area contributed by atoms with Crippen molar-refractivity contribution in [2.75, 3.05) is 0 Å². The van der Waals surface area contributed by atoms with Crippen molar-refractivity contribution in [3.8, 4) is 0 Å². The van der Waals surface area contributed by atoms with Crippen LogP contribution in [0.3, 0.4) is 0 Å². The highest BCUT2D eigenvalue weighted by atomic mass is 16.9. The molecule has 0 unspecified atom stereocenters. The first-order valence-electron chi connectivity index (χ1n) is 2.19. The van der Waals surface area contributed by atoms with E-state index in [9.17, 15) is 0 Å². The molecule has 0 aromatic carbocycles. The minimum absolute atomic E-state index is 1.00. The molecule has 0 aromatic heterocycles. The van der Waals surface area contributed by atoms with Crippen LogP contribution in [0.5, 0.6) is 0 Å². The molecule has 0 saturated heterocycles. The zero-order valence-electron chi connectivity index (χ0n) is 6.38. The SMILES string of the molecule is C=C.C=C.N[N+](=O)[O-].O=[N+]([O-])O. The third kappa shape index (κ3) is 83.0. The quantitative estimate of drug-likeness (QED) is 0.240. The van der Waals surface area contributed by atoms with Gasteiger partial charge in [-0.3, -0.25) is 0 Å². The second-order valence-corrected chi connectivity index (χ2v) is 0.523. The highest BCUT2D eigenvalue weighted by Gasteiger charge is 1.65. The number of nitrogens with two attached hydrogens (primary N) is 1. The summed E-state index contributed by atoms with van der Waals surface area (Å²) >= 11 is 0. The third-order valence-corrected chi connectivity index (χ3v) is 0. The summed E-state index contributed by atoms with van der Waals surface area (Å²) in [5.41, 5.74) is 0. The van der Waals surface area contributed by atoms with Gasteiger partial charge >= 0.3 is 0 Å². The molecular formula is C4H11N3O5. The van der Waals surface area contributed by atoms with Gasteiger partial charge in [0.25, 0.3) is 5.09 Å². The summed E-state index contributed by atoms with van der Waals surface area (Å²) in [5, 5.41) is 21.2. The van der Waals surface area contributed by atoms with Crippen molar-refractivity contribution < 1.29 is 15.3 Å². The van der Waals surface area contributed by atoms with Gasteiger partial charge in [-0.2, -0.15) is 5.84 Å². The minimum atomic E-state index is -1.50. The van der Waals surface area contributed by atoms with Gasteiger partial charge < -0.3 is 5.21 Å². The van der Waals surface area contributed by atoms with E-state index in [1.807, 2.05) is 0 Å². The molecule has 0 aromatic rings. The second-order valence-electron chi connectivity index (χ2n) is 0.523. The Morgan fingerprint density at radius 3 is 1.08 bits per heavy atom. The molecule has 8 heteroatoms. The van der Waals surface area contributed by atoms with Crippen LogP contribution in [0, 0.1) is 20.2 Å². The van der Waals surface area contributed by atoms with E-state index in [1.165, 1.54) is 0 Å². The Bertz CT molecular complexity index is 95.3.